The zero-order valence-electron chi connectivity index (χ0n) is 11.0. The van der Waals surface area contributed by atoms with E-state index < -0.39 is 0 Å². The number of rotatable bonds is 2. The van der Waals surface area contributed by atoms with Crippen LogP contribution in [-0.2, 0) is 4.74 Å². The van der Waals surface area contributed by atoms with Gasteiger partial charge in [0.15, 0.2) is 0 Å². The lowest BCUT2D eigenvalue weighted by atomic mass is 10.1. The van der Waals surface area contributed by atoms with Crippen LogP contribution < -0.4 is 11.1 Å². The highest BCUT2D eigenvalue weighted by Crippen LogP contribution is 2.21. The van der Waals surface area contributed by atoms with Gasteiger partial charge in [-0.05, 0) is 31.4 Å². The summed E-state index contributed by atoms with van der Waals surface area (Å²) in [5.41, 5.74) is 6.38. The predicted molar refractivity (Wildman–Crippen MR) is 76.3 cm³/mol. The maximum atomic E-state index is 12.1. The first-order valence-corrected chi connectivity index (χ1v) is 7.20. The third-order valence-electron chi connectivity index (χ3n) is 2.94. The van der Waals surface area contributed by atoms with Gasteiger partial charge in [0, 0.05) is 6.61 Å². The van der Waals surface area contributed by atoms with Crippen LogP contribution in [0.25, 0.3) is 0 Å². The molecule has 0 saturated carbocycles. The van der Waals surface area contributed by atoms with E-state index in [0.29, 0.717) is 18.0 Å². The first-order chi connectivity index (χ1) is 9.20. The maximum absolute atomic E-state index is 12.1. The van der Waals surface area contributed by atoms with Crippen LogP contribution in [0.1, 0.15) is 33.0 Å². The summed E-state index contributed by atoms with van der Waals surface area (Å²) in [4.78, 5) is 13.7. The zero-order chi connectivity index (χ0) is 13.7. The summed E-state index contributed by atoms with van der Waals surface area (Å²) in [7, 11) is 0. The summed E-state index contributed by atoms with van der Waals surface area (Å²) in [5, 5.41) is 3.01. The van der Waals surface area contributed by atoms with Crippen molar-refractivity contribution in [3.05, 3.63) is 21.4 Å². The van der Waals surface area contributed by atoms with E-state index in [1.165, 1.54) is 11.3 Å². The molecule has 19 heavy (non-hydrogen) atoms. The minimum Gasteiger partial charge on any atom is -0.379 e. The summed E-state index contributed by atoms with van der Waals surface area (Å²) in [6.07, 6.45) is 1.98. The van der Waals surface area contributed by atoms with E-state index >= 15 is 0 Å². The Balaban J connectivity index is 2.02. The van der Waals surface area contributed by atoms with Crippen molar-refractivity contribution in [2.24, 2.45) is 5.73 Å². The van der Waals surface area contributed by atoms with Crippen LogP contribution in [0, 0.1) is 18.8 Å². The molecule has 0 aliphatic carbocycles. The normalized spacial score (nSPS) is 18.5. The lowest BCUT2D eigenvalue weighted by Gasteiger charge is -2.22. The minimum atomic E-state index is -0.0376. The Kier molecular flexibility index (Phi) is 4.97. The molecule has 0 bridgehead atoms. The molecule has 1 aromatic heterocycles. The molecule has 2 rings (SSSR count). The third-order valence-corrected chi connectivity index (χ3v) is 4.09. The van der Waals surface area contributed by atoms with Gasteiger partial charge in [-0.25, -0.2) is 0 Å². The average Bonchev–Trinajstić information content (AvgIpc) is 2.79. The van der Waals surface area contributed by atoms with Crippen molar-refractivity contribution in [3.63, 3.8) is 0 Å². The number of hydrogen-bond acceptors (Lipinski definition) is 4. The summed E-state index contributed by atoms with van der Waals surface area (Å²) in [6.45, 7) is 3.69. The fourth-order valence-electron chi connectivity index (χ4n) is 1.96. The number of thiophene rings is 1. The van der Waals surface area contributed by atoms with Crippen molar-refractivity contribution in [1.82, 2.24) is 5.32 Å². The standard InChI is InChI=1S/C14H18N2O2S/c1-10-8-13(19-12(10)5-2-6-15)14(17)16-11-4-3-7-18-9-11/h8,11H,3-4,6-7,9,15H2,1H3,(H,16,17). The molecule has 2 heterocycles. The van der Waals surface area contributed by atoms with Crippen LogP contribution in [0.3, 0.4) is 0 Å². The number of carbonyl (C=O) groups is 1. The average molecular weight is 278 g/mol. The number of amides is 1. The Bertz CT molecular complexity index is 507. The quantitative estimate of drug-likeness (QED) is 0.801. The maximum Gasteiger partial charge on any atom is 0.261 e. The molecule has 4 nitrogen and oxygen atoms in total. The first-order valence-electron chi connectivity index (χ1n) is 6.38. The molecule has 1 atom stereocenters. The summed E-state index contributed by atoms with van der Waals surface area (Å²) in [6, 6.07) is 2.01. The minimum absolute atomic E-state index is 0.0376. The number of carbonyl (C=O) groups excluding carboxylic acids is 1. The molecule has 3 N–H and O–H groups in total. The van der Waals surface area contributed by atoms with Gasteiger partial charge < -0.3 is 15.8 Å². The molecule has 0 aromatic carbocycles. The van der Waals surface area contributed by atoms with Gasteiger partial charge in [0.25, 0.3) is 5.91 Å². The fourth-order valence-corrected chi connectivity index (χ4v) is 2.91. The fraction of sp³-hybridized carbons (Fsp3) is 0.500. The lowest BCUT2D eigenvalue weighted by Crippen LogP contribution is -2.40. The zero-order valence-corrected chi connectivity index (χ0v) is 11.8. The van der Waals surface area contributed by atoms with Gasteiger partial charge in [0.2, 0.25) is 0 Å². The molecule has 102 valence electrons. The topological polar surface area (TPSA) is 64.3 Å². The van der Waals surface area contributed by atoms with E-state index in [1.54, 1.807) is 0 Å². The second kappa shape index (κ2) is 6.71. The Labute approximate surface area is 117 Å². The Morgan fingerprint density at radius 1 is 1.68 bits per heavy atom. The van der Waals surface area contributed by atoms with Crippen molar-refractivity contribution in [3.8, 4) is 11.8 Å². The molecule has 1 unspecified atom stereocenters. The van der Waals surface area contributed by atoms with Gasteiger partial charge in [-0.3, -0.25) is 4.79 Å². The van der Waals surface area contributed by atoms with E-state index in [2.05, 4.69) is 17.2 Å². The largest absolute Gasteiger partial charge is 0.379 e. The molecular formula is C14H18N2O2S. The first kappa shape index (κ1) is 14.1. The van der Waals surface area contributed by atoms with Gasteiger partial charge in [0.05, 0.1) is 28.9 Å². The molecule has 1 aromatic rings. The predicted octanol–water partition coefficient (Wildman–Crippen LogP) is 1.28. The second-order valence-electron chi connectivity index (χ2n) is 4.52. The number of nitrogens with one attached hydrogen (secondary N) is 1. The van der Waals surface area contributed by atoms with Crippen LogP contribution in [0.5, 0.6) is 0 Å². The van der Waals surface area contributed by atoms with Crippen molar-refractivity contribution in [2.45, 2.75) is 25.8 Å². The summed E-state index contributed by atoms with van der Waals surface area (Å²) in [5.74, 6) is 5.77. The Morgan fingerprint density at radius 2 is 2.53 bits per heavy atom. The van der Waals surface area contributed by atoms with Gasteiger partial charge in [0.1, 0.15) is 0 Å². The van der Waals surface area contributed by atoms with Crippen LogP contribution in [0.2, 0.25) is 0 Å². The highest BCUT2D eigenvalue weighted by Gasteiger charge is 2.18. The Hall–Kier alpha value is -1.35. The van der Waals surface area contributed by atoms with Crippen molar-refractivity contribution >= 4 is 17.2 Å². The number of hydrogen-bond donors (Lipinski definition) is 2. The number of nitrogens with two attached hydrogens (primary N) is 1. The highest BCUT2D eigenvalue weighted by atomic mass is 32.1. The van der Waals surface area contributed by atoms with E-state index in [4.69, 9.17) is 10.5 Å². The molecule has 0 spiro atoms. The molecule has 0 radical (unpaired) electrons. The number of ether oxygens (including phenoxy) is 1. The Morgan fingerprint density at radius 3 is 3.21 bits per heavy atom. The summed E-state index contributed by atoms with van der Waals surface area (Å²) >= 11 is 1.41. The molecule has 1 fully saturated rings. The molecule has 1 aliphatic heterocycles. The van der Waals surface area contributed by atoms with Gasteiger partial charge >= 0.3 is 0 Å². The number of aryl methyl sites for hydroxylation is 1. The van der Waals surface area contributed by atoms with Gasteiger partial charge in [-0.15, -0.1) is 11.3 Å². The smallest absolute Gasteiger partial charge is 0.261 e. The van der Waals surface area contributed by atoms with Gasteiger partial charge in [-0.1, -0.05) is 11.8 Å². The van der Waals surface area contributed by atoms with Crippen LogP contribution in [-0.4, -0.2) is 31.7 Å². The van der Waals surface area contributed by atoms with E-state index in [-0.39, 0.29) is 11.9 Å². The van der Waals surface area contributed by atoms with Crippen LogP contribution >= 0.6 is 11.3 Å². The molecule has 1 aliphatic rings. The monoisotopic (exact) mass is 278 g/mol. The van der Waals surface area contributed by atoms with E-state index in [9.17, 15) is 4.79 Å². The molecule has 1 amide bonds. The van der Waals surface area contributed by atoms with Crippen molar-refractivity contribution in [2.75, 3.05) is 19.8 Å². The van der Waals surface area contributed by atoms with E-state index in [0.717, 1.165) is 29.9 Å². The molecule has 1 saturated heterocycles. The van der Waals surface area contributed by atoms with Crippen molar-refractivity contribution in [1.29, 1.82) is 0 Å². The molecule has 5 heteroatoms. The van der Waals surface area contributed by atoms with Crippen LogP contribution in [0.4, 0.5) is 0 Å². The third kappa shape index (κ3) is 3.80. The van der Waals surface area contributed by atoms with Crippen molar-refractivity contribution < 1.29 is 9.53 Å². The summed E-state index contributed by atoms with van der Waals surface area (Å²) < 4.78 is 5.35. The van der Waals surface area contributed by atoms with Gasteiger partial charge in [-0.2, -0.15) is 0 Å². The molecular weight excluding hydrogens is 260 g/mol. The lowest BCUT2D eigenvalue weighted by molar-refractivity contribution is 0.0626. The highest BCUT2D eigenvalue weighted by molar-refractivity contribution is 7.14. The van der Waals surface area contributed by atoms with E-state index in [1.807, 2.05) is 13.0 Å². The second-order valence-corrected chi connectivity index (χ2v) is 5.57. The SMILES string of the molecule is Cc1cc(C(=O)NC2CCCOC2)sc1C#CCN. The van der Waals surface area contributed by atoms with Crippen LogP contribution in [0.15, 0.2) is 6.07 Å².